The van der Waals surface area contributed by atoms with Gasteiger partial charge in [0.2, 0.25) is 0 Å². The molecule has 0 amide bonds. The molecule has 0 aromatic heterocycles. The lowest BCUT2D eigenvalue weighted by molar-refractivity contribution is -0.141. The zero-order chi connectivity index (χ0) is 18.7. The van der Waals surface area contributed by atoms with Crippen LogP contribution in [-0.4, -0.2) is 35.0 Å². The highest BCUT2D eigenvalue weighted by atomic mass is 16.3. The SMILES string of the molecule is CC(C)CN[C@H]1C[C@@]2(C)[C@@H](CC[C@@H]3[C@@H]2CC[C@]2(C)[C@@H](O)CC[C@@H]32)C[C@@H]1O. The van der Waals surface area contributed by atoms with Gasteiger partial charge in [-0.25, -0.2) is 0 Å². The second-order valence-corrected chi connectivity index (χ2v) is 11.2. The number of aliphatic hydroxyl groups excluding tert-OH is 2. The molecule has 150 valence electrons. The van der Waals surface area contributed by atoms with Gasteiger partial charge in [0.15, 0.2) is 0 Å². The molecule has 4 fully saturated rings. The van der Waals surface area contributed by atoms with Crippen molar-refractivity contribution in [3.63, 3.8) is 0 Å². The van der Waals surface area contributed by atoms with Crippen LogP contribution in [0.4, 0.5) is 0 Å². The molecule has 0 aromatic carbocycles. The zero-order valence-electron chi connectivity index (χ0n) is 17.4. The van der Waals surface area contributed by atoms with E-state index in [1.807, 2.05) is 0 Å². The van der Waals surface area contributed by atoms with Gasteiger partial charge in [0, 0.05) is 6.04 Å². The van der Waals surface area contributed by atoms with E-state index in [1.165, 1.54) is 32.1 Å². The van der Waals surface area contributed by atoms with Gasteiger partial charge >= 0.3 is 0 Å². The molecule has 9 atom stereocenters. The Morgan fingerprint density at radius 2 is 1.69 bits per heavy atom. The van der Waals surface area contributed by atoms with Crippen LogP contribution in [0, 0.1) is 40.4 Å². The standard InChI is InChI=1S/C23H41NO2/c1-14(2)13-24-19-12-23(4)15(11-20(19)25)5-6-16-17-7-8-21(26)22(17,3)10-9-18(16)23/h14-21,24-26H,5-13H2,1-4H3/t15-,16-,17-,18-,19-,20-,21-,22-,23-/m0/s1. The molecule has 4 rings (SSSR count). The normalized spacial score (nSPS) is 53.9. The minimum atomic E-state index is -0.175. The van der Waals surface area contributed by atoms with E-state index in [0.29, 0.717) is 17.3 Å². The third-order valence-corrected chi connectivity index (χ3v) is 9.45. The molecule has 4 aliphatic carbocycles. The summed E-state index contributed by atoms with van der Waals surface area (Å²) in [4.78, 5) is 0. The fourth-order valence-corrected chi connectivity index (χ4v) is 7.87. The molecule has 0 radical (unpaired) electrons. The van der Waals surface area contributed by atoms with Crippen molar-refractivity contribution in [2.45, 2.75) is 97.3 Å². The molecule has 0 unspecified atom stereocenters. The van der Waals surface area contributed by atoms with E-state index in [2.05, 4.69) is 33.0 Å². The fraction of sp³-hybridized carbons (Fsp3) is 1.00. The van der Waals surface area contributed by atoms with Crippen LogP contribution in [0.1, 0.15) is 79.1 Å². The summed E-state index contributed by atoms with van der Waals surface area (Å²) in [6.07, 6.45) is 9.22. The van der Waals surface area contributed by atoms with Crippen molar-refractivity contribution in [2.24, 2.45) is 40.4 Å². The molecule has 0 bridgehead atoms. The number of rotatable bonds is 3. The van der Waals surface area contributed by atoms with E-state index in [4.69, 9.17) is 0 Å². The van der Waals surface area contributed by atoms with Crippen LogP contribution >= 0.6 is 0 Å². The van der Waals surface area contributed by atoms with Crippen molar-refractivity contribution in [3.05, 3.63) is 0 Å². The van der Waals surface area contributed by atoms with E-state index in [1.54, 1.807) is 0 Å². The number of aliphatic hydroxyl groups is 2. The number of hydrogen-bond acceptors (Lipinski definition) is 3. The number of fused-ring (bicyclic) bond motifs is 5. The minimum absolute atomic E-state index is 0.0763. The highest BCUT2D eigenvalue weighted by molar-refractivity contribution is 5.11. The van der Waals surface area contributed by atoms with Crippen LogP contribution in [0.3, 0.4) is 0 Å². The molecular formula is C23H41NO2. The Balaban J connectivity index is 1.55. The Hall–Kier alpha value is -0.120. The maximum absolute atomic E-state index is 10.8. The van der Waals surface area contributed by atoms with Gasteiger partial charge in [0.05, 0.1) is 12.2 Å². The largest absolute Gasteiger partial charge is 0.393 e. The van der Waals surface area contributed by atoms with Crippen molar-refractivity contribution in [3.8, 4) is 0 Å². The Labute approximate surface area is 160 Å². The molecule has 4 aliphatic rings. The molecule has 0 aromatic rings. The van der Waals surface area contributed by atoms with Gasteiger partial charge in [-0.3, -0.25) is 0 Å². The summed E-state index contributed by atoms with van der Waals surface area (Å²) in [5, 5.41) is 25.1. The Morgan fingerprint density at radius 1 is 0.962 bits per heavy atom. The lowest BCUT2D eigenvalue weighted by Crippen LogP contribution is -2.59. The molecule has 3 heteroatoms. The predicted molar refractivity (Wildman–Crippen MR) is 106 cm³/mol. The van der Waals surface area contributed by atoms with E-state index in [-0.39, 0.29) is 23.7 Å². The van der Waals surface area contributed by atoms with Gasteiger partial charge < -0.3 is 15.5 Å². The molecule has 0 heterocycles. The summed E-state index contributed by atoms with van der Waals surface area (Å²) in [5.74, 6) is 3.63. The maximum atomic E-state index is 10.8. The van der Waals surface area contributed by atoms with Gasteiger partial charge in [-0.2, -0.15) is 0 Å². The van der Waals surface area contributed by atoms with Crippen molar-refractivity contribution >= 4 is 0 Å². The van der Waals surface area contributed by atoms with Crippen LogP contribution in [0.2, 0.25) is 0 Å². The molecule has 3 N–H and O–H groups in total. The predicted octanol–water partition coefficient (Wildman–Crippen LogP) is 3.98. The first-order valence-electron chi connectivity index (χ1n) is 11.3. The van der Waals surface area contributed by atoms with Crippen LogP contribution < -0.4 is 5.32 Å². The van der Waals surface area contributed by atoms with Crippen molar-refractivity contribution in [1.29, 1.82) is 0 Å². The number of hydrogen-bond donors (Lipinski definition) is 3. The Bertz CT molecular complexity index is 522. The molecule has 3 nitrogen and oxygen atoms in total. The van der Waals surface area contributed by atoms with Gasteiger partial charge in [-0.15, -0.1) is 0 Å². The Morgan fingerprint density at radius 3 is 2.42 bits per heavy atom. The van der Waals surface area contributed by atoms with Crippen LogP contribution in [-0.2, 0) is 0 Å². The molecule has 0 saturated heterocycles. The van der Waals surface area contributed by atoms with Crippen LogP contribution in [0.5, 0.6) is 0 Å². The van der Waals surface area contributed by atoms with Crippen LogP contribution in [0.15, 0.2) is 0 Å². The summed E-state index contributed by atoms with van der Waals surface area (Å²) in [6.45, 7) is 10.4. The van der Waals surface area contributed by atoms with Gasteiger partial charge in [-0.1, -0.05) is 27.7 Å². The first-order valence-corrected chi connectivity index (χ1v) is 11.3. The lowest BCUT2D eigenvalue weighted by Gasteiger charge is -2.61. The monoisotopic (exact) mass is 363 g/mol. The zero-order valence-corrected chi connectivity index (χ0v) is 17.4. The van der Waals surface area contributed by atoms with Gasteiger partial charge in [0.1, 0.15) is 0 Å². The Kier molecular flexibility index (Phi) is 4.98. The average Bonchev–Trinajstić information content (AvgIpc) is 2.89. The van der Waals surface area contributed by atoms with E-state index in [9.17, 15) is 10.2 Å². The molecule has 0 spiro atoms. The topological polar surface area (TPSA) is 52.5 Å². The fourth-order valence-electron chi connectivity index (χ4n) is 7.87. The first-order chi connectivity index (χ1) is 12.3. The first kappa shape index (κ1) is 19.2. The number of nitrogens with one attached hydrogen (secondary N) is 1. The molecule has 4 saturated carbocycles. The summed E-state index contributed by atoms with van der Waals surface area (Å²) in [5.41, 5.74) is 0.541. The van der Waals surface area contributed by atoms with E-state index < -0.39 is 0 Å². The highest BCUT2D eigenvalue weighted by Crippen LogP contribution is 2.66. The van der Waals surface area contributed by atoms with Crippen molar-refractivity contribution < 1.29 is 10.2 Å². The van der Waals surface area contributed by atoms with Crippen molar-refractivity contribution in [1.82, 2.24) is 5.32 Å². The minimum Gasteiger partial charge on any atom is -0.393 e. The highest BCUT2D eigenvalue weighted by Gasteiger charge is 2.60. The van der Waals surface area contributed by atoms with Crippen LogP contribution in [0.25, 0.3) is 0 Å². The summed E-state index contributed by atoms with van der Waals surface area (Å²) < 4.78 is 0. The maximum Gasteiger partial charge on any atom is 0.0696 e. The van der Waals surface area contributed by atoms with Gasteiger partial charge in [-0.05, 0) is 98.3 Å². The quantitative estimate of drug-likeness (QED) is 0.711. The average molecular weight is 364 g/mol. The summed E-state index contributed by atoms with van der Waals surface area (Å²) >= 11 is 0. The second kappa shape index (κ2) is 6.74. The van der Waals surface area contributed by atoms with Crippen molar-refractivity contribution in [2.75, 3.05) is 6.54 Å². The second-order valence-electron chi connectivity index (χ2n) is 11.2. The molecule has 26 heavy (non-hydrogen) atoms. The van der Waals surface area contributed by atoms with Gasteiger partial charge in [0.25, 0.3) is 0 Å². The van der Waals surface area contributed by atoms with E-state index >= 15 is 0 Å². The summed E-state index contributed by atoms with van der Waals surface area (Å²) in [7, 11) is 0. The third-order valence-electron chi connectivity index (χ3n) is 9.45. The van der Waals surface area contributed by atoms with E-state index in [0.717, 1.165) is 43.6 Å². The smallest absolute Gasteiger partial charge is 0.0696 e. The summed E-state index contributed by atoms with van der Waals surface area (Å²) in [6, 6.07) is 0.264. The lowest BCUT2D eigenvalue weighted by atomic mass is 9.44. The third kappa shape index (κ3) is 2.88. The molecule has 0 aliphatic heterocycles. The molecular weight excluding hydrogens is 322 g/mol.